The first-order chi connectivity index (χ1) is 8.81. The molecule has 1 aliphatic carbocycles. The number of rotatable bonds is 4. The van der Waals surface area contributed by atoms with Gasteiger partial charge >= 0.3 is 0 Å². The van der Waals surface area contributed by atoms with Crippen molar-refractivity contribution >= 4 is 0 Å². The van der Waals surface area contributed by atoms with Gasteiger partial charge < -0.3 is 9.67 Å². The standard InChI is InChI=1S/C15H26N2O/c1-2-17-11-10-16-15(17)12-14(18)13-8-6-4-3-5-7-9-13/h10-11,13-14,18H,2-9,12H2,1H3. The fraction of sp³-hybridized carbons (Fsp3) is 0.800. The van der Waals surface area contributed by atoms with E-state index < -0.39 is 0 Å². The second-order valence-electron chi connectivity index (χ2n) is 5.51. The molecule has 18 heavy (non-hydrogen) atoms. The van der Waals surface area contributed by atoms with Crippen LogP contribution in [0.5, 0.6) is 0 Å². The Kier molecular flexibility index (Phi) is 5.24. The van der Waals surface area contributed by atoms with Crippen LogP contribution in [0.3, 0.4) is 0 Å². The van der Waals surface area contributed by atoms with Crippen molar-refractivity contribution in [2.24, 2.45) is 5.92 Å². The average molecular weight is 250 g/mol. The lowest BCUT2D eigenvalue weighted by Crippen LogP contribution is -2.25. The molecule has 2 rings (SSSR count). The van der Waals surface area contributed by atoms with Gasteiger partial charge in [0.05, 0.1) is 6.10 Å². The lowest BCUT2D eigenvalue weighted by atomic mass is 9.86. The number of aliphatic hydroxyl groups excluding tert-OH is 1. The van der Waals surface area contributed by atoms with Crippen molar-refractivity contribution in [2.75, 3.05) is 0 Å². The van der Waals surface area contributed by atoms with E-state index in [0.29, 0.717) is 12.3 Å². The van der Waals surface area contributed by atoms with E-state index in [-0.39, 0.29) is 6.10 Å². The minimum absolute atomic E-state index is 0.212. The Hall–Kier alpha value is -0.830. The Balaban J connectivity index is 1.91. The highest BCUT2D eigenvalue weighted by Gasteiger charge is 2.21. The predicted octanol–water partition coefficient (Wildman–Crippen LogP) is 3.17. The molecule has 0 saturated heterocycles. The molecule has 1 aromatic rings. The second kappa shape index (κ2) is 6.93. The van der Waals surface area contributed by atoms with Crippen molar-refractivity contribution in [3.8, 4) is 0 Å². The fourth-order valence-corrected chi connectivity index (χ4v) is 3.04. The van der Waals surface area contributed by atoms with Crippen molar-refractivity contribution in [1.29, 1.82) is 0 Å². The Labute approximate surface area is 110 Å². The van der Waals surface area contributed by atoms with Gasteiger partial charge in [-0.3, -0.25) is 0 Å². The summed E-state index contributed by atoms with van der Waals surface area (Å²) in [5.74, 6) is 1.51. The smallest absolute Gasteiger partial charge is 0.111 e. The molecule has 0 aromatic carbocycles. The summed E-state index contributed by atoms with van der Waals surface area (Å²) in [6, 6.07) is 0. The van der Waals surface area contributed by atoms with E-state index in [1.807, 2.05) is 12.4 Å². The zero-order valence-corrected chi connectivity index (χ0v) is 11.5. The Morgan fingerprint density at radius 3 is 2.61 bits per heavy atom. The van der Waals surface area contributed by atoms with Crippen LogP contribution < -0.4 is 0 Å². The average Bonchev–Trinajstić information content (AvgIpc) is 2.75. The maximum absolute atomic E-state index is 10.4. The first-order valence-electron chi connectivity index (χ1n) is 7.49. The van der Waals surface area contributed by atoms with Gasteiger partial charge in [-0.25, -0.2) is 4.98 Å². The molecule has 1 aliphatic rings. The molecule has 0 aliphatic heterocycles. The molecule has 102 valence electrons. The Morgan fingerprint density at radius 1 is 1.28 bits per heavy atom. The minimum Gasteiger partial charge on any atom is -0.392 e. The summed E-state index contributed by atoms with van der Waals surface area (Å²) in [6.45, 7) is 3.06. The predicted molar refractivity (Wildman–Crippen MR) is 73.4 cm³/mol. The molecule has 1 saturated carbocycles. The number of hydrogen-bond donors (Lipinski definition) is 1. The summed E-state index contributed by atoms with van der Waals surface area (Å²) in [6.07, 6.45) is 13.3. The SMILES string of the molecule is CCn1ccnc1CC(O)C1CCCCCCC1. The van der Waals surface area contributed by atoms with E-state index >= 15 is 0 Å². The largest absolute Gasteiger partial charge is 0.392 e. The van der Waals surface area contributed by atoms with Crippen LogP contribution >= 0.6 is 0 Å². The molecular formula is C15H26N2O. The third-order valence-corrected chi connectivity index (χ3v) is 4.23. The van der Waals surface area contributed by atoms with Crippen molar-refractivity contribution in [1.82, 2.24) is 9.55 Å². The highest BCUT2D eigenvalue weighted by Crippen LogP contribution is 2.26. The van der Waals surface area contributed by atoms with Gasteiger partial charge in [0.1, 0.15) is 5.82 Å². The van der Waals surface area contributed by atoms with E-state index in [2.05, 4.69) is 16.5 Å². The number of imidazole rings is 1. The lowest BCUT2D eigenvalue weighted by Gasteiger charge is -2.24. The first kappa shape index (κ1) is 13.6. The highest BCUT2D eigenvalue weighted by molar-refractivity contribution is 4.95. The van der Waals surface area contributed by atoms with Gasteiger partial charge in [0.15, 0.2) is 0 Å². The van der Waals surface area contributed by atoms with Crippen LogP contribution in [0, 0.1) is 5.92 Å². The highest BCUT2D eigenvalue weighted by atomic mass is 16.3. The van der Waals surface area contributed by atoms with Crippen LogP contribution in [-0.4, -0.2) is 20.8 Å². The van der Waals surface area contributed by atoms with Crippen molar-refractivity contribution in [2.45, 2.75) is 70.9 Å². The van der Waals surface area contributed by atoms with Crippen LogP contribution in [-0.2, 0) is 13.0 Å². The van der Waals surface area contributed by atoms with E-state index in [1.165, 1.54) is 44.9 Å². The monoisotopic (exact) mass is 250 g/mol. The molecule has 0 spiro atoms. The number of aliphatic hydroxyl groups is 1. The molecule has 3 nitrogen and oxygen atoms in total. The molecule has 1 atom stereocenters. The van der Waals surface area contributed by atoms with E-state index in [9.17, 15) is 5.11 Å². The van der Waals surface area contributed by atoms with Crippen molar-refractivity contribution in [3.63, 3.8) is 0 Å². The van der Waals surface area contributed by atoms with Gasteiger partial charge in [-0.05, 0) is 25.7 Å². The summed E-state index contributed by atoms with van der Waals surface area (Å²) in [4.78, 5) is 4.37. The van der Waals surface area contributed by atoms with Gasteiger partial charge in [0.25, 0.3) is 0 Å². The molecule has 3 heteroatoms. The Morgan fingerprint density at radius 2 is 1.94 bits per heavy atom. The van der Waals surface area contributed by atoms with Gasteiger partial charge in [0, 0.05) is 25.4 Å². The molecule has 0 bridgehead atoms. The molecular weight excluding hydrogens is 224 g/mol. The summed E-state index contributed by atoms with van der Waals surface area (Å²) in [7, 11) is 0. The zero-order chi connectivity index (χ0) is 12.8. The molecule has 0 radical (unpaired) electrons. The van der Waals surface area contributed by atoms with Crippen molar-refractivity contribution in [3.05, 3.63) is 18.2 Å². The van der Waals surface area contributed by atoms with Gasteiger partial charge in [0.2, 0.25) is 0 Å². The summed E-state index contributed by atoms with van der Waals surface area (Å²) in [5.41, 5.74) is 0. The zero-order valence-electron chi connectivity index (χ0n) is 11.5. The molecule has 1 fully saturated rings. The second-order valence-corrected chi connectivity index (χ2v) is 5.51. The van der Waals surface area contributed by atoms with Crippen LogP contribution in [0.2, 0.25) is 0 Å². The van der Waals surface area contributed by atoms with E-state index in [0.717, 1.165) is 12.4 Å². The minimum atomic E-state index is -0.212. The van der Waals surface area contributed by atoms with Crippen LogP contribution in [0.4, 0.5) is 0 Å². The summed E-state index contributed by atoms with van der Waals surface area (Å²) < 4.78 is 2.13. The summed E-state index contributed by atoms with van der Waals surface area (Å²) >= 11 is 0. The van der Waals surface area contributed by atoms with Gasteiger partial charge in [-0.15, -0.1) is 0 Å². The molecule has 1 unspecified atom stereocenters. The van der Waals surface area contributed by atoms with Crippen LogP contribution in [0.25, 0.3) is 0 Å². The topological polar surface area (TPSA) is 38.0 Å². The molecule has 1 heterocycles. The van der Waals surface area contributed by atoms with Gasteiger partial charge in [-0.2, -0.15) is 0 Å². The summed E-state index contributed by atoms with van der Waals surface area (Å²) in [5, 5.41) is 10.4. The number of aryl methyl sites for hydroxylation is 1. The van der Waals surface area contributed by atoms with Crippen LogP contribution in [0.1, 0.15) is 57.7 Å². The van der Waals surface area contributed by atoms with E-state index in [1.54, 1.807) is 0 Å². The third kappa shape index (κ3) is 3.58. The molecule has 1 N–H and O–H groups in total. The van der Waals surface area contributed by atoms with E-state index in [4.69, 9.17) is 0 Å². The number of aromatic nitrogens is 2. The van der Waals surface area contributed by atoms with Crippen molar-refractivity contribution < 1.29 is 5.11 Å². The lowest BCUT2D eigenvalue weighted by molar-refractivity contribution is 0.0887. The normalized spacial score (nSPS) is 20.3. The number of nitrogens with zero attached hydrogens (tertiary/aromatic N) is 2. The number of hydrogen-bond acceptors (Lipinski definition) is 2. The van der Waals surface area contributed by atoms with Crippen LogP contribution in [0.15, 0.2) is 12.4 Å². The maximum Gasteiger partial charge on any atom is 0.111 e. The third-order valence-electron chi connectivity index (χ3n) is 4.23. The maximum atomic E-state index is 10.4. The van der Waals surface area contributed by atoms with Gasteiger partial charge in [-0.1, -0.05) is 32.1 Å². The Bertz CT molecular complexity index is 340. The fourth-order valence-electron chi connectivity index (χ4n) is 3.04. The molecule has 1 aromatic heterocycles. The quantitative estimate of drug-likeness (QED) is 0.891. The molecule has 0 amide bonds. The first-order valence-corrected chi connectivity index (χ1v) is 7.49.